The summed E-state index contributed by atoms with van der Waals surface area (Å²) in [5, 5.41) is 4.88. The summed E-state index contributed by atoms with van der Waals surface area (Å²) < 4.78 is 4.94. The molecular formula is C15H14ClN3O4S. The van der Waals surface area contributed by atoms with Gasteiger partial charge in [0, 0.05) is 16.0 Å². The van der Waals surface area contributed by atoms with E-state index >= 15 is 0 Å². The third kappa shape index (κ3) is 5.04. The molecule has 0 saturated carbocycles. The van der Waals surface area contributed by atoms with Crippen LogP contribution in [0.1, 0.15) is 12.6 Å². The number of thiazole rings is 1. The molecular weight excluding hydrogens is 354 g/mol. The van der Waals surface area contributed by atoms with Crippen molar-refractivity contribution in [3.8, 4) is 10.6 Å². The normalized spacial score (nSPS) is 11.6. The van der Waals surface area contributed by atoms with E-state index in [0.29, 0.717) is 10.7 Å². The Hall–Kier alpha value is -2.45. The molecule has 0 fully saturated rings. The predicted molar refractivity (Wildman–Crippen MR) is 89.5 cm³/mol. The highest BCUT2D eigenvalue weighted by atomic mass is 35.5. The number of rotatable bonds is 5. The highest BCUT2D eigenvalue weighted by Gasteiger charge is 2.20. The minimum Gasteiger partial charge on any atom is -0.452 e. The van der Waals surface area contributed by atoms with E-state index in [0.717, 1.165) is 10.6 Å². The standard InChI is InChI=1S/C15H14ClN3O4S/c1-8(13(21)19-15(17)22)23-12(20)6-11-7-24-14(18-11)9-3-2-4-10(16)5-9/h2-5,7-8H,6H2,1H3,(H3,17,19,21,22)/t8-/m1/s1. The lowest BCUT2D eigenvalue weighted by molar-refractivity contribution is -0.153. The number of benzene rings is 1. The fraction of sp³-hybridized carbons (Fsp3) is 0.200. The van der Waals surface area contributed by atoms with Gasteiger partial charge in [-0.3, -0.25) is 14.9 Å². The molecule has 9 heteroatoms. The molecule has 1 heterocycles. The summed E-state index contributed by atoms with van der Waals surface area (Å²) in [7, 11) is 0. The number of ether oxygens (including phenoxy) is 1. The van der Waals surface area contributed by atoms with Gasteiger partial charge in [0.05, 0.1) is 12.1 Å². The monoisotopic (exact) mass is 367 g/mol. The van der Waals surface area contributed by atoms with E-state index in [-0.39, 0.29) is 6.42 Å². The van der Waals surface area contributed by atoms with Crippen LogP contribution >= 0.6 is 22.9 Å². The predicted octanol–water partition coefficient (Wildman–Crippen LogP) is 2.13. The molecule has 7 nitrogen and oxygen atoms in total. The molecule has 3 N–H and O–H groups in total. The van der Waals surface area contributed by atoms with Gasteiger partial charge in [-0.1, -0.05) is 23.7 Å². The van der Waals surface area contributed by atoms with E-state index in [4.69, 9.17) is 22.1 Å². The van der Waals surface area contributed by atoms with Crippen LogP contribution in [0.2, 0.25) is 5.02 Å². The van der Waals surface area contributed by atoms with Crippen molar-refractivity contribution in [1.82, 2.24) is 10.3 Å². The van der Waals surface area contributed by atoms with E-state index in [2.05, 4.69) is 4.98 Å². The van der Waals surface area contributed by atoms with Gasteiger partial charge in [0.2, 0.25) is 0 Å². The Balaban J connectivity index is 1.95. The number of amides is 3. The van der Waals surface area contributed by atoms with Gasteiger partial charge in [-0.05, 0) is 19.1 Å². The van der Waals surface area contributed by atoms with Crippen molar-refractivity contribution >= 4 is 40.8 Å². The summed E-state index contributed by atoms with van der Waals surface area (Å²) in [6.07, 6.45) is -1.22. The van der Waals surface area contributed by atoms with Crippen molar-refractivity contribution in [1.29, 1.82) is 0 Å². The van der Waals surface area contributed by atoms with Crippen LogP contribution in [0.3, 0.4) is 0 Å². The van der Waals surface area contributed by atoms with Crippen LogP contribution in [0.4, 0.5) is 4.79 Å². The van der Waals surface area contributed by atoms with Crippen LogP contribution < -0.4 is 11.1 Å². The topological polar surface area (TPSA) is 111 Å². The Morgan fingerprint density at radius 3 is 2.83 bits per heavy atom. The molecule has 2 rings (SSSR count). The van der Waals surface area contributed by atoms with Gasteiger partial charge in [0.25, 0.3) is 5.91 Å². The number of nitrogens with one attached hydrogen (secondary N) is 1. The fourth-order valence-electron chi connectivity index (χ4n) is 1.81. The van der Waals surface area contributed by atoms with E-state index in [9.17, 15) is 14.4 Å². The van der Waals surface area contributed by atoms with Crippen LogP contribution in [-0.2, 0) is 20.7 Å². The zero-order chi connectivity index (χ0) is 17.7. The van der Waals surface area contributed by atoms with Crippen molar-refractivity contribution in [2.45, 2.75) is 19.4 Å². The smallest absolute Gasteiger partial charge is 0.318 e. The number of hydrogen-bond acceptors (Lipinski definition) is 6. The molecule has 0 radical (unpaired) electrons. The number of aromatic nitrogens is 1. The Kier molecular flexibility index (Phi) is 5.88. The van der Waals surface area contributed by atoms with E-state index in [1.165, 1.54) is 18.3 Å². The maximum absolute atomic E-state index is 11.8. The van der Waals surface area contributed by atoms with Crippen LogP contribution in [0, 0.1) is 0 Å². The molecule has 24 heavy (non-hydrogen) atoms. The molecule has 3 amide bonds. The second-order valence-electron chi connectivity index (χ2n) is 4.82. The molecule has 0 bridgehead atoms. The molecule has 2 aromatic rings. The largest absolute Gasteiger partial charge is 0.452 e. The fourth-order valence-corrected chi connectivity index (χ4v) is 2.81. The molecule has 0 aliphatic heterocycles. The first-order chi connectivity index (χ1) is 11.3. The molecule has 1 aromatic carbocycles. The average molecular weight is 368 g/mol. The number of imide groups is 1. The zero-order valence-corrected chi connectivity index (χ0v) is 14.2. The first-order valence-electron chi connectivity index (χ1n) is 6.85. The highest BCUT2D eigenvalue weighted by molar-refractivity contribution is 7.13. The van der Waals surface area contributed by atoms with Gasteiger partial charge >= 0.3 is 12.0 Å². The SMILES string of the molecule is C[C@@H](OC(=O)Cc1csc(-c2cccc(Cl)c2)n1)C(=O)NC(N)=O. The number of nitrogens with zero attached hydrogens (tertiary/aromatic N) is 1. The van der Waals surface area contributed by atoms with Crippen LogP contribution in [0.5, 0.6) is 0 Å². The average Bonchev–Trinajstić information content (AvgIpc) is 2.94. The van der Waals surface area contributed by atoms with Crippen molar-refractivity contribution in [2.24, 2.45) is 5.73 Å². The maximum atomic E-state index is 11.8. The second kappa shape index (κ2) is 7.89. The van der Waals surface area contributed by atoms with Crippen molar-refractivity contribution < 1.29 is 19.1 Å². The summed E-state index contributed by atoms with van der Waals surface area (Å²) in [5.41, 5.74) is 6.19. The Morgan fingerprint density at radius 1 is 1.42 bits per heavy atom. The van der Waals surface area contributed by atoms with Gasteiger partial charge < -0.3 is 10.5 Å². The molecule has 0 saturated heterocycles. The number of hydrogen-bond donors (Lipinski definition) is 2. The third-order valence-corrected chi connectivity index (χ3v) is 4.05. The molecule has 1 aromatic heterocycles. The Bertz CT molecular complexity index is 778. The van der Waals surface area contributed by atoms with Crippen molar-refractivity contribution in [3.63, 3.8) is 0 Å². The summed E-state index contributed by atoms with van der Waals surface area (Å²) in [6, 6.07) is 6.21. The van der Waals surface area contributed by atoms with Crippen LogP contribution in [0.25, 0.3) is 10.6 Å². The zero-order valence-electron chi connectivity index (χ0n) is 12.6. The maximum Gasteiger partial charge on any atom is 0.318 e. The molecule has 0 aliphatic rings. The van der Waals surface area contributed by atoms with E-state index in [1.807, 2.05) is 17.4 Å². The number of halogens is 1. The third-order valence-electron chi connectivity index (χ3n) is 2.87. The summed E-state index contributed by atoms with van der Waals surface area (Å²) in [4.78, 5) is 38.2. The summed E-state index contributed by atoms with van der Waals surface area (Å²) in [5.74, 6) is -1.42. The van der Waals surface area contributed by atoms with Gasteiger partial charge in [-0.2, -0.15) is 0 Å². The van der Waals surface area contributed by atoms with Crippen LogP contribution in [0.15, 0.2) is 29.6 Å². The Morgan fingerprint density at radius 2 is 2.17 bits per heavy atom. The molecule has 0 spiro atoms. The van der Waals surface area contributed by atoms with Crippen LogP contribution in [-0.4, -0.2) is 29.0 Å². The van der Waals surface area contributed by atoms with E-state index < -0.39 is 24.0 Å². The highest BCUT2D eigenvalue weighted by Crippen LogP contribution is 2.26. The minimum atomic E-state index is -1.13. The van der Waals surface area contributed by atoms with E-state index in [1.54, 1.807) is 17.5 Å². The van der Waals surface area contributed by atoms with Gasteiger partial charge in [0.15, 0.2) is 6.10 Å². The lowest BCUT2D eigenvalue weighted by atomic mass is 10.2. The van der Waals surface area contributed by atoms with Crippen molar-refractivity contribution in [3.05, 3.63) is 40.4 Å². The summed E-state index contributed by atoms with van der Waals surface area (Å²) in [6.45, 7) is 1.34. The summed E-state index contributed by atoms with van der Waals surface area (Å²) >= 11 is 7.31. The lowest BCUT2D eigenvalue weighted by Crippen LogP contribution is -2.42. The quantitative estimate of drug-likeness (QED) is 0.786. The second-order valence-corrected chi connectivity index (χ2v) is 6.11. The molecule has 0 aliphatic carbocycles. The lowest BCUT2D eigenvalue weighted by Gasteiger charge is -2.11. The first-order valence-corrected chi connectivity index (χ1v) is 8.11. The van der Waals surface area contributed by atoms with Crippen molar-refractivity contribution in [2.75, 3.05) is 0 Å². The van der Waals surface area contributed by atoms with Gasteiger partial charge in [-0.25, -0.2) is 9.78 Å². The first kappa shape index (κ1) is 17.9. The number of esters is 1. The molecule has 126 valence electrons. The minimum absolute atomic E-state index is 0.0920. The Labute approximate surface area is 146 Å². The molecule has 1 atom stereocenters. The number of nitrogens with two attached hydrogens (primary N) is 1. The number of urea groups is 1. The molecule has 0 unspecified atom stereocenters. The number of primary amides is 1. The van der Waals surface area contributed by atoms with Gasteiger partial charge in [-0.15, -0.1) is 11.3 Å². The van der Waals surface area contributed by atoms with Gasteiger partial charge in [0.1, 0.15) is 5.01 Å². The number of carbonyl (C=O) groups excluding carboxylic acids is 3. The number of carbonyl (C=O) groups is 3.